The minimum absolute atomic E-state index is 0.184. The lowest BCUT2D eigenvalue weighted by Gasteiger charge is -2.43. The molecule has 2 fully saturated rings. The Balaban J connectivity index is 2.13. The van der Waals surface area contributed by atoms with Crippen molar-refractivity contribution in [3.05, 3.63) is 0 Å². The van der Waals surface area contributed by atoms with Crippen LogP contribution < -0.4 is 0 Å². The van der Waals surface area contributed by atoms with Gasteiger partial charge in [0.2, 0.25) is 11.8 Å². The summed E-state index contributed by atoms with van der Waals surface area (Å²) in [6.07, 6.45) is 7.75. The quantitative estimate of drug-likeness (QED) is 0.791. The zero-order valence-corrected chi connectivity index (χ0v) is 12.8. The molecule has 1 aliphatic heterocycles. The summed E-state index contributed by atoms with van der Waals surface area (Å²) < 4.78 is 0. The molecule has 1 aliphatic carbocycles. The first-order chi connectivity index (χ1) is 9.99. The van der Waals surface area contributed by atoms with Gasteiger partial charge in [-0.05, 0) is 24.7 Å². The maximum Gasteiger partial charge on any atom is 0.326 e. The minimum atomic E-state index is -1.07. The topological polar surface area (TPSA) is 74.7 Å². The SMILES string of the molecule is CCCCC(C(=O)O)N1C(=O)CC2(CCCCC2)CC1=O. The fourth-order valence-corrected chi connectivity index (χ4v) is 3.78. The normalized spacial score (nSPS) is 23.4. The van der Waals surface area contributed by atoms with Gasteiger partial charge in [-0.2, -0.15) is 0 Å². The van der Waals surface area contributed by atoms with Gasteiger partial charge in [0.1, 0.15) is 6.04 Å². The summed E-state index contributed by atoms with van der Waals surface area (Å²) >= 11 is 0. The number of carboxylic acid groups (broad SMARTS) is 1. The Labute approximate surface area is 125 Å². The summed E-state index contributed by atoms with van der Waals surface area (Å²) in [5.41, 5.74) is -0.184. The fraction of sp³-hybridized carbons (Fsp3) is 0.812. The van der Waals surface area contributed by atoms with Gasteiger partial charge < -0.3 is 5.11 Å². The van der Waals surface area contributed by atoms with Crippen LogP contribution in [-0.4, -0.2) is 33.8 Å². The van der Waals surface area contributed by atoms with Gasteiger partial charge in [0.25, 0.3) is 0 Å². The van der Waals surface area contributed by atoms with E-state index in [9.17, 15) is 19.5 Å². The van der Waals surface area contributed by atoms with Crippen molar-refractivity contribution in [2.24, 2.45) is 5.41 Å². The van der Waals surface area contributed by atoms with Gasteiger partial charge in [0.05, 0.1) is 0 Å². The number of carboxylic acids is 1. The molecule has 21 heavy (non-hydrogen) atoms. The molecule has 5 nitrogen and oxygen atoms in total. The number of hydrogen-bond donors (Lipinski definition) is 1. The van der Waals surface area contributed by atoms with Crippen LogP contribution in [0, 0.1) is 5.41 Å². The predicted octanol–water partition coefficient (Wildman–Crippen LogP) is 2.73. The molecule has 118 valence electrons. The lowest BCUT2D eigenvalue weighted by molar-refractivity contribution is -0.165. The van der Waals surface area contributed by atoms with Crippen LogP contribution >= 0.6 is 0 Å². The van der Waals surface area contributed by atoms with Crippen molar-refractivity contribution in [2.75, 3.05) is 0 Å². The molecule has 1 saturated carbocycles. The summed E-state index contributed by atoms with van der Waals surface area (Å²) in [4.78, 5) is 37.3. The Morgan fingerprint density at radius 3 is 2.24 bits per heavy atom. The van der Waals surface area contributed by atoms with E-state index in [0.717, 1.165) is 37.0 Å². The van der Waals surface area contributed by atoms with Crippen LogP contribution in [0.25, 0.3) is 0 Å². The van der Waals surface area contributed by atoms with Gasteiger partial charge in [-0.15, -0.1) is 0 Å². The lowest BCUT2D eigenvalue weighted by atomic mass is 9.67. The second-order valence-corrected chi connectivity index (χ2v) is 6.57. The predicted molar refractivity (Wildman–Crippen MR) is 77.6 cm³/mol. The van der Waals surface area contributed by atoms with Gasteiger partial charge in [-0.1, -0.05) is 39.0 Å². The van der Waals surface area contributed by atoms with Crippen LogP contribution in [0.2, 0.25) is 0 Å². The molecule has 2 rings (SSSR count). The standard InChI is InChI=1S/C16H25NO4/c1-2-3-7-12(15(20)21)17-13(18)10-16(11-14(17)19)8-5-4-6-9-16/h12H,2-11H2,1H3,(H,20,21). The molecule has 0 bridgehead atoms. The van der Waals surface area contributed by atoms with Crippen molar-refractivity contribution in [3.8, 4) is 0 Å². The van der Waals surface area contributed by atoms with Crippen molar-refractivity contribution in [1.29, 1.82) is 0 Å². The molecule has 0 aromatic heterocycles. The second-order valence-electron chi connectivity index (χ2n) is 6.57. The van der Waals surface area contributed by atoms with Crippen molar-refractivity contribution >= 4 is 17.8 Å². The zero-order valence-electron chi connectivity index (χ0n) is 12.8. The number of imide groups is 1. The van der Waals surface area contributed by atoms with Crippen molar-refractivity contribution < 1.29 is 19.5 Å². The Kier molecular flexibility index (Phi) is 5.01. The molecule has 0 aromatic carbocycles. The third-order valence-corrected chi connectivity index (χ3v) is 4.93. The summed E-state index contributed by atoms with van der Waals surface area (Å²) in [6, 6.07) is -0.981. The number of aliphatic carboxylic acids is 1. The number of carbonyl (C=O) groups is 3. The molecule has 2 amide bonds. The summed E-state index contributed by atoms with van der Waals surface area (Å²) in [7, 11) is 0. The van der Waals surface area contributed by atoms with Crippen LogP contribution in [0.4, 0.5) is 0 Å². The van der Waals surface area contributed by atoms with E-state index in [2.05, 4.69) is 0 Å². The maximum absolute atomic E-state index is 12.4. The number of hydrogen-bond acceptors (Lipinski definition) is 3. The number of rotatable bonds is 5. The maximum atomic E-state index is 12.4. The Morgan fingerprint density at radius 1 is 1.19 bits per heavy atom. The molecular formula is C16H25NO4. The van der Waals surface area contributed by atoms with E-state index in [-0.39, 0.29) is 17.2 Å². The average Bonchev–Trinajstić information content (AvgIpc) is 2.42. The van der Waals surface area contributed by atoms with Crippen molar-refractivity contribution in [3.63, 3.8) is 0 Å². The first kappa shape index (κ1) is 16.0. The van der Waals surface area contributed by atoms with Gasteiger partial charge in [-0.25, -0.2) is 4.79 Å². The third-order valence-electron chi connectivity index (χ3n) is 4.93. The zero-order chi connectivity index (χ0) is 15.5. The fourth-order valence-electron chi connectivity index (χ4n) is 3.78. The molecule has 1 saturated heterocycles. The van der Waals surface area contributed by atoms with E-state index in [4.69, 9.17) is 0 Å². The highest BCUT2D eigenvalue weighted by Crippen LogP contribution is 2.45. The second kappa shape index (κ2) is 6.58. The highest BCUT2D eigenvalue weighted by Gasteiger charge is 2.47. The highest BCUT2D eigenvalue weighted by atomic mass is 16.4. The highest BCUT2D eigenvalue weighted by molar-refractivity contribution is 6.01. The monoisotopic (exact) mass is 295 g/mol. The number of unbranched alkanes of at least 4 members (excludes halogenated alkanes) is 1. The Hall–Kier alpha value is -1.39. The number of likely N-dealkylation sites (tertiary alicyclic amines) is 1. The smallest absolute Gasteiger partial charge is 0.326 e. The van der Waals surface area contributed by atoms with Crippen LogP contribution in [0.5, 0.6) is 0 Å². The van der Waals surface area contributed by atoms with E-state index in [1.165, 1.54) is 6.42 Å². The van der Waals surface area contributed by atoms with E-state index in [0.29, 0.717) is 25.7 Å². The van der Waals surface area contributed by atoms with Gasteiger partial charge in [0, 0.05) is 12.8 Å². The lowest BCUT2D eigenvalue weighted by Crippen LogP contribution is -2.55. The number of carbonyl (C=O) groups excluding carboxylic acids is 2. The minimum Gasteiger partial charge on any atom is -0.480 e. The average molecular weight is 295 g/mol. The molecule has 1 atom stereocenters. The molecule has 5 heteroatoms. The first-order valence-electron chi connectivity index (χ1n) is 8.07. The summed E-state index contributed by atoms with van der Waals surface area (Å²) in [6.45, 7) is 1.97. The number of piperidine rings is 1. The molecule has 0 aromatic rings. The van der Waals surface area contributed by atoms with Gasteiger partial charge in [0.15, 0.2) is 0 Å². The van der Waals surface area contributed by atoms with E-state index >= 15 is 0 Å². The molecule has 1 spiro atoms. The Bertz CT molecular complexity index is 406. The van der Waals surface area contributed by atoms with E-state index in [1.54, 1.807) is 0 Å². The van der Waals surface area contributed by atoms with Crippen LogP contribution in [0.3, 0.4) is 0 Å². The van der Waals surface area contributed by atoms with Crippen LogP contribution in [0.15, 0.2) is 0 Å². The van der Waals surface area contributed by atoms with E-state index in [1.807, 2.05) is 6.92 Å². The van der Waals surface area contributed by atoms with E-state index < -0.39 is 12.0 Å². The van der Waals surface area contributed by atoms with Gasteiger partial charge in [-0.3, -0.25) is 14.5 Å². The van der Waals surface area contributed by atoms with Crippen LogP contribution in [0.1, 0.15) is 71.1 Å². The number of nitrogens with zero attached hydrogens (tertiary/aromatic N) is 1. The van der Waals surface area contributed by atoms with Crippen LogP contribution in [-0.2, 0) is 14.4 Å². The van der Waals surface area contributed by atoms with Crippen molar-refractivity contribution in [2.45, 2.75) is 77.2 Å². The Morgan fingerprint density at radius 2 is 1.76 bits per heavy atom. The summed E-state index contributed by atoms with van der Waals surface area (Å²) in [5, 5.41) is 9.34. The third kappa shape index (κ3) is 3.44. The molecule has 1 unspecified atom stereocenters. The largest absolute Gasteiger partial charge is 0.480 e. The van der Waals surface area contributed by atoms with Crippen molar-refractivity contribution in [1.82, 2.24) is 4.90 Å². The van der Waals surface area contributed by atoms with Gasteiger partial charge >= 0.3 is 5.97 Å². The summed E-state index contributed by atoms with van der Waals surface area (Å²) in [5.74, 6) is -1.63. The first-order valence-corrected chi connectivity index (χ1v) is 8.07. The molecule has 1 heterocycles. The molecule has 2 aliphatic rings. The number of amides is 2. The molecular weight excluding hydrogens is 270 g/mol. The molecule has 0 radical (unpaired) electrons. The molecule has 1 N–H and O–H groups in total.